The van der Waals surface area contributed by atoms with Crippen LogP contribution in [0.15, 0.2) is 0 Å². The number of nitrogens with zero attached hydrogens (tertiary/aromatic N) is 2. The number of hydrogen-bond donors (Lipinski definition) is 1. The first kappa shape index (κ1) is 39.1. The zero-order valence-corrected chi connectivity index (χ0v) is 27.7. The largest absolute Gasteiger partial charge is 0.356 e. The number of amides is 1. The molecule has 0 bridgehead atoms. The number of unbranched alkanes of at least 4 members (excludes halogenated alkanes) is 19. The summed E-state index contributed by atoms with van der Waals surface area (Å²) in [6.07, 6.45) is 29.7. The van der Waals surface area contributed by atoms with Crippen molar-refractivity contribution in [3.63, 3.8) is 0 Å². The van der Waals surface area contributed by atoms with E-state index in [9.17, 15) is 9.59 Å². The Balaban J connectivity index is 3.52. The van der Waals surface area contributed by atoms with Crippen LogP contribution in [0.25, 0.3) is 0 Å². The highest BCUT2D eigenvalue weighted by atomic mass is 16.1. The fourth-order valence-corrected chi connectivity index (χ4v) is 5.21. The van der Waals surface area contributed by atoms with E-state index in [0.29, 0.717) is 18.6 Å². The first-order valence-corrected chi connectivity index (χ1v) is 17.6. The molecule has 0 heterocycles. The van der Waals surface area contributed by atoms with Gasteiger partial charge in [-0.3, -0.25) is 9.59 Å². The molecule has 40 heavy (non-hydrogen) atoms. The molecular formula is C35H71N3O2. The van der Waals surface area contributed by atoms with Gasteiger partial charge < -0.3 is 15.1 Å². The predicted octanol–water partition coefficient (Wildman–Crippen LogP) is 8.94. The molecule has 0 radical (unpaired) electrons. The molecule has 0 unspecified atom stereocenters. The lowest BCUT2D eigenvalue weighted by Crippen LogP contribution is -2.34. The summed E-state index contributed by atoms with van der Waals surface area (Å²) in [6, 6.07) is 0. The zero-order valence-electron chi connectivity index (χ0n) is 27.7. The topological polar surface area (TPSA) is 52.7 Å². The van der Waals surface area contributed by atoms with Crippen molar-refractivity contribution in [2.75, 3.05) is 46.8 Å². The fourth-order valence-electron chi connectivity index (χ4n) is 5.21. The van der Waals surface area contributed by atoms with Crippen molar-refractivity contribution in [2.24, 2.45) is 0 Å². The van der Waals surface area contributed by atoms with Crippen molar-refractivity contribution in [1.29, 1.82) is 0 Å². The van der Waals surface area contributed by atoms with Gasteiger partial charge in [0.1, 0.15) is 5.78 Å². The maximum Gasteiger partial charge on any atom is 0.221 e. The molecule has 0 fully saturated rings. The summed E-state index contributed by atoms with van der Waals surface area (Å²) in [7, 11) is 4.18. The molecule has 0 aliphatic rings. The van der Waals surface area contributed by atoms with Crippen LogP contribution in [0, 0.1) is 0 Å². The summed E-state index contributed by atoms with van der Waals surface area (Å²) in [5.74, 6) is 0.583. The molecule has 0 saturated heterocycles. The number of carbonyl (C=O) groups is 2. The quantitative estimate of drug-likeness (QED) is 0.0827. The highest BCUT2D eigenvalue weighted by Gasteiger charge is 2.08. The molecule has 1 N–H and O–H groups in total. The Morgan fingerprint density at radius 1 is 0.450 bits per heavy atom. The molecule has 5 heteroatoms. The summed E-state index contributed by atoms with van der Waals surface area (Å²) in [4.78, 5) is 28.9. The molecule has 0 aromatic rings. The molecule has 5 nitrogen and oxygen atoms in total. The van der Waals surface area contributed by atoms with Crippen LogP contribution in [0.1, 0.15) is 168 Å². The standard InChI is InChI=1S/C35H71N3O2/c1-5-7-9-11-13-15-17-18-20-22-24-26-34(39)27-30-37(3)32-33-38(4)31-28-35(40)36-29-25-23-21-19-16-14-12-10-8-6-2/h5-33H2,1-4H3,(H,36,40). The average molecular weight is 566 g/mol. The van der Waals surface area contributed by atoms with E-state index in [1.807, 2.05) is 0 Å². The van der Waals surface area contributed by atoms with Crippen LogP contribution in [-0.2, 0) is 9.59 Å². The molecule has 0 spiro atoms. The second-order valence-corrected chi connectivity index (χ2v) is 12.5. The van der Waals surface area contributed by atoms with Crippen molar-refractivity contribution < 1.29 is 9.59 Å². The normalized spacial score (nSPS) is 11.6. The van der Waals surface area contributed by atoms with Gasteiger partial charge in [-0.2, -0.15) is 0 Å². The second kappa shape index (κ2) is 31.0. The van der Waals surface area contributed by atoms with Gasteiger partial charge in [0.25, 0.3) is 0 Å². The maximum atomic E-state index is 12.3. The highest BCUT2D eigenvalue weighted by molar-refractivity contribution is 5.78. The number of nitrogens with one attached hydrogen (secondary N) is 1. The molecule has 0 aliphatic heterocycles. The maximum absolute atomic E-state index is 12.3. The molecule has 0 rings (SSSR count). The third-order valence-electron chi connectivity index (χ3n) is 8.27. The van der Waals surface area contributed by atoms with Crippen LogP contribution < -0.4 is 5.32 Å². The smallest absolute Gasteiger partial charge is 0.221 e. The van der Waals surface area contributed by atoms with Crippen molar-refractivity contribution in [3.05, 3.63) is 0 Å². The molecular weight excluding hydrogens is 494 g/mol. The van der Waals surface area contributed by atoms with Gasteiger partial charge in [-0.15, -0.1) is 0 Å². The van der Waals surface area contributed by atoms with E-state index < -0.39 is 0 Å². The first-order chi connectivity index (χ1) is 19.5. The summed E-state index contributed by atoms with van der Waals surface area (Å²) in [5.41, 5.74) is 0. The SMILES string of the molecule is CCCCCCCCCCCCCC(=O)CCN(C)CCN(C)CCC(=O)NCCCCCCCCCCCC. The Kier molecular flexibility index (Phi) is 30.3. The average Bonchev–Trinajstić information content (AvgIpc) is 2.95. The molecule has 0 aromatic carbocycles. The van der Waals surface area contributed by atoms with Crippen molar-refractivity contribution in [1.82, 2.24) is 15.1 Å². The van der Waals surface area contributed by atoms with Crippen LogP contribution in [0.4, 0.5) is 0 Å². The Hall–Kier alpha value is -0.940. The Labute approximate surface area is 251 Å². The van der Waals surface area contributed by atoms with Gasteiger partial charge >= 0.3 is 0 Å². The van der Waals surface area contributed by atoms with Gasteiger partial charge in [0, 0.05) is 52.0 Å². The van der Waals surface area contributed by atoms with Crippen molar-refractivity contribution >= 4 is 11.7 Å². The third-order valence-corrected chi connectivity index (χ3v) is 8.27. The van der Waals surface area contributed by atoms with Gasteiger partial charge in [0.15, 0.2) is 0 Å². The van der Waals surface area contributed by atoms with E-state index in [-0.39, 0.29) is 5.91 Å². The van der Waals surface area contributed by atoms with E-state index in [1.54, 1.807) is 0 Å². The Morgan fingerprint density at radius 3 is 1.27 bits per heavy atom. The van der Waals surface area contributed by atoms with Gasteiger partial charge in [-0.25, -0.2) is 0 Å². The summed E-state index contributed by atoms with van der Waals surface area (Å²) >= 11 is 0. The minimum absolute atomic E-state index is 0.170. The zero-order chi connectivity index (χ0) is 29.5. The second-order valence-electron chi connectivity index (χ2n) is 12.5. The van der Waals surface area contributed by atoms with E-state index in [1.165, 1.54) is 122 Å². The molecule has 238 valence electrons. The lowest BCUT2D eigenvalue weighted by molar-refractivity contribution is -0.121. The lowest BCUT2D eigenvalue weighted by Gasteiger charge is -2.21. The molecule has 0 saturated carbocycles. The van der Waals surface area contributed by atoms with E-state index in [0.717, 1.165) is 52.0 Å². The Bertz CT molecular complexity index is 507. The van der Waals surface area contributed by atoms with E-state index in [4.69, 9.17) is 0 Å². The molecule has 0 aromatic heterocycles. The monoisotopic (exact) mass is 566 g/mol. The summed E-state index contributed by atoms with van der Waals surface area (Å²) < 4.78 is 0. The van der Waals surface area contributed by atoms with Crippen LogP contribution in [0.2, 0.25) is 0 Å². The number of hydrogen-bond acceptors (Lipinski definition) is 4. The Morgan fingerprint density at radius 2 is 0.825 bits per heavy atom. The van der Waals surface area contributed by atoms with E-state index in [2.05, 4.69) is 43.1 Å². The van der Waals surface area contributed by atoms with Gasteiger partial charge in [-0.1, -0.05) is 136 Å². The first-order valence-electron chi connectivity index (χ1n) is 17.6. The van der Waals surface area contributed by atoms with Crippen molar-refractivity contribution in [3.8, 4) is 0 Å². The van der Waals surface area contributed by atoms with Crippen LogP contribution in [0.3, 0.4) is 0 Å². The van der Waals surface area contributed by atoms with Gasteiger partial charge in [0.05, 0.1) is 0 Å². The minimum atomic E-state index is 0.170. The van der Waals surface area contributed by atoms with Crippen LogP contribution >= 0.6 is 0 Å². The number of ketones is 1. The van der Waals surface area contributed by atoms with Gasteiger partial charge in [-0.05, 0) is 26.9 Å². The number of Topliss-reactive ketones (excluding diaryl/α,β-unsaturated/α-hetero) is 1. The lowest BCUT2D eigenvalue weighted by atomic mass is 10.0. The third kappa shape index (κ3) is 30.0. The van der Waals surface area contributed by atoms with Crippen molar-refractivity contribution in [2.45, 2.75) is 168 Å². The summed E-state index contributed by atoms with van der Waals surface area (Å²) in [5, 5.41) is 3.09. The predicted molar refractivity (Wildman–Crippen MR) is 175 cm³/mol. The molecule has 0 atom stereocenters. The number of carbonyl (C=O) groups excluding carboxylic acids is 2. The van der Waals surface area contributed by atoms with E-state index >= 15 is 0 Å². The minimum Gasteiger partial charge on any atom is -0.356 e. The van der Waals surface area contributed by atoms with Crippen LogP contribution in [-0.4, -0.2) is 68.3 Å². The van der Waals surface area contributed by atoms with Crippen LogP contribution in [0.5, 0.6) is 0 Å². The molecule has 1 amide bonds. The molecule has 0 aliphatic carbocycles. The number of rotatable bonds is 32. The highest BCUT2D eigenvalue weighted by Crippen LogP contribution is 2.13. The summed E-state index contributed by atoms with van der Waals surface area (Å²) in [6.45, 7) is 8.84. The van der Waals surface area contributed by atoms with Gasteiger partial charge in [0.2, 0.25) is 5.91 Å². The number of likely N-dealkylation sites (N-methyl/N-ethyl adjacent to an activating group) is 2. The fraction of sp³-hybridized carbons (Fsp3) is 0.943.